The van der Waals surface area contributed by atoms with Gasteiger partial charge < -0.3 is 5.32 Å². The summed E-state index contributed by atoms with van der Waals surface area (Å²) in [5.41, 5.74) is 0.940. The molecule has 0 fully saturated rings. The number of hydrogen-bond acceptors (Lipinski definition) is 4. The van der Waals surface area contributed by atoms with Gasteiger partial charge in [0.2, 0.25) is 0 Å². The smallest absolute Gasteiger partial charge is 0.135 e. The van der Waals surface area contributed by atoms with E-state index in [2.05, 4.69) is 20.3 Å². The first kappa shape index (κ1) is 10.9. The zero-order valence-electron chi connectivity index (χ0n) is 9.34. The van der Waals surface area contributed by atoms with E-state index in [0.29, 0.717) is 11.0 Å². The van der Waals surface area contributed by atoms with Gasteiger partial charge in [0.25, 0.3) is 0 Å². The van der Waals surface area contributed by atoms with Crippen LogP contribution >= 0.6 is 11.6 Å². The summed E-state index contributed by atoms with van der Waals surface area (Å²) in [6.07, 6.45) is 5.02. The van der Waals surface area contributed by atoms with Crippen LogP contribution in [0, 0.1) is 0 Å². The molecule has 0 spiro atoms. The van der Waals surface area contributed by atoms with Crippen LogP contribution in [0.4, 0.5) is 11.5 Å². The fourth-order valence-corrected chi connectivity index (χ4v) is 1.91. The van der Waals surface area contributed by atoms with Crippen LogP contribution in [0.15, 0.2) is 49.1 Å². The molecule has 0 unspecified atom stereocenters. The first-order valence-electron chi connectivity index (χ1n) is 5.40. The SMILES string of the molecule is Clc1cc(Nc2cccc3ccncc23)ncn1. The normalized spacial score (nSPS) is 10.5. The number of nitrogens with one attached hydrogen (secondary N) is 1. The van der Waals surface area contributed by atoms with Gasteiger partial charge in [0.1, 0.15) is 17.3 Å². The molecule has 0 bridgehead atoms. The van der Waals surface area contributed by atoms with Gasteiger partial charge in [-0.2, -0.15) is 0 Å². The number of hydrogen-bond donors (Lipinski definition) is 1. The van der Waals surface area contributed by atoms with E-state index in [1.54, 1.807) is 12.3 Å². The number of halogens is 1. The molecule has 0 atom stereocenters. The average molecular weight is 257 g/mol. The summed E-state index contributed by atoms with van der Waals surface area (Å²) in [5.74, 6) is 0.659. The summed E-state index contributed by atoms with van der Waals surface area (Å²) in [6.45, 7) is 0. The molecule has 0 aliphatic carbocycles. The second-order valence-corrected chi connectivity index (χ2v) is 4.14. The van der Waals surface area contributed by atoms with Gasteiger partial charge in [0.05, 0.1) is 0 Å². The van der Waals surface area contributed by atoms with Crippen molar-refractivity contribution < 1.29 is 0 Å². The van der Waals surface area contributed by atoms with E-state index in [4.69, 9.17) is 11.6 Å². The van der Waals surface area contributed by atoms with Crippen LogP contribution in [-0.2, 0) is 0 Å². The van der Waals surface area contributed by atoms with E-state index in [9.17, 15) is 0 Å². The highest BCUT2D eigenvalue weighted by molar-refractivity contribution is 6.29. The van der Waals surface area contributed by atoms with Crippen LogP contribution in [0.5, 0.6) is 0 Å². The Morgan fingerprint density at radius 2 is 2.06 bits per heavy atom. The molecule has 18 heavy (non-hydrogen) atoms. The molecular weight excluding hydrogens is 248 g/mol. The van der Waals surface area contributed by atoms with E-state index in [1.807, 2.05) is 30.5 Å². The molecular formula is C13H9ClN4. The number of pyridine rings is 1. The summed E-state index contributed by atoms with van der Waals surface area (Å²) < 4.78 is 0. The molecule has 3 rings (SSSR count). The third kappa shape index (κ3) is 2.10. The molecule has 4 nitrogen and oxygen atoms in total. The Hall–Kier alpha value is -2.20. The second kappa shape index (κ2) is 4.58. The Bertz CT molecular complexity index is 694. The summed E-state index contributed by atoms with van der Waals surface area (Å²) in [5, 5.41) is 5.78. The average Bonchev–Trinajstić information content (AvgIpc) is 2.39. The fraction of sp³-hybridized carbons (Fsp3) is 0. The van der Waals surface area contributed by atoms with Gasteiger partial charge in [-0.1, -0.05) is 23.7 Å². The standard InChI is InChI=1S/C13H9ClN4/c14-12-6-13(17-8-16-12)18-11-3-1-2-9-4-5-15-7-10(9)11/h1-8H,(H,16,17,18). The Labute approximate surface area is 109 Å². The fourth-order valence-electron chi connectivity index (χ4n) is 1.76. The number of benzene rings is 1. The van der Waals surface area contributed by atoms with E-state index in [1.165, 1.54) is 6.33 Å². The van der Waals surface area contributed by atoms with Crippen molar-refractivity contribution in [3.8, 4) is 0 Å². The zero-order valence-corrected chi connectivity index (χ0v) is 10.1. The van der Waals surface area contributed by atoms with Crippen molar-refractivity contribution in [2.24, 2.45) is 0 Å². The molecule has 0 amide bonds. The van der Waals surface area contributed by atoms with E-state index < -0.39 is 0 Å². The number of rotatable bonds is 2. The quantitative estimate of drug-likeness (QED) is 0.714. The lowest BCUT2D eigenvalue weighted by atomic mass is 10.1. The van der Waals surface area contributed by atoms with Crippen LogP contribution in [0.3, 0.4) is 0 Å². The third-order valence-electron chi connectivity index (χ3n) is 2.58. The molecule has 0 saturated carbocycles. The van der Waals surface area contributed by atoms with Crippen molar-refractivity contribution in [3.63, 3.8) is 0 Å². The second-order valence-electron chi connectivity index (χ2n) is 3.75. The minimum absolute atomic E-state index is 0.408. The largest absolute Gasteiger partial charge is 0.340 e. The maximum atomic E-state index is 5.83. The molecule has 5 heteroatoms. The summed E-state index contributed by atoms with van der Waals surface area (Å²) >= 11 is 5.83. The zero-order chi connectivity index (χ0) is 12.4. The van der Waals surface area contributed by atoms with Crippen LogP contribution in [0.1, 0.15) is 0 Å². The lowest BCUT2D eigenvalue weighted by Gasteiger charge is -2.08. The van der Waals surface area contributed by atoms with Gasteiger partial charge >= 0.3 is 0 Å². The monoisotopic (exact) mass is 256 g/mol. The molecule has 0 aliphatic heterocycles. The summed E-state index contributed by atoms with van der Waals surface area (Å²) in [6, 6.07) is 9.63. The highest BCUT2D eigenvalue weighted by atomic mass is 35.5. The van der Waals surface area contributed by atoms with Crippen LogP contribution in [0.2, 0.25) is 5.15 Å². The van der Waals surface area contributed by atoms with Crippen molar-refractivity contribution in [1.29, 1.82) is 0 Å². The number of fused-ring (bicyclic) bond motifs is 1. The molecule has 3 aromatic rings. The maximum absolute atomic E-state index is 5.83. The number of aromatic nitrogens is 3. The molecule has 0 saturated heterocycles. The van der Waals surface area contributed by atoms with Crippen LogP contribution in [0.25, 0.3) is 10.8 Å². The maximum Gasteiger partial charge on any atom is 0.135 e. The minimum Gasteiger partial charge on any atom is -0.340 e. The Kier molecular flexibility index (Phi) is 2.78. The highest BCUT2D eigenvalue weighted by Crippen LogP contribution is 2.25. The van der Waals surface area contributed by atoms with E-state index in [0.717, 1.165) is 16.5 Å². The minimum atomic E-state index is 0.408. The Balaban J connectivity index is 2.05. The topological polar surface area (TPSA) is 50.7 Å². The highest BCUT2D eigenvalue weighted by Gasteiger charge is 2.02. The van der Waals surface area contributed by atoms with Crippen molar-refractivity contribution in [1.82, 2.24) is 15.0 Å². The predicted octanol–water partition coefficient (Wildman–Crippen LogP) is 3.42. The van der Waals surface area contributed by atoms with Crippen molar-refractivity contribution in [3.05, 3.63) is 54.2 Å². The van der Waals surface area contributed by atoms with Crippen LogP contribution < -0.4 is 5.32 Å². The van der Waals surface area contributed by atoms with Gasteiger partial charge in [-0.3, -0.25) is 4.98 Å². The lowest BCUT2D eigenvalue weighted by molar-refractivity contribution is 1.17. The predicted molar refractivity (Wildman–Crippen MR) is 72.1 cm³/mol. The summed E-state index contributed by atoms with van der Waals surface area (Å²) in [7, 11) is 0. The first-order chi connectivity index (χ1) is 8.83. The molecule has 1 aromatic carbocycles. The molecule has 88 valence electrons. The van der Waals surface area contributed by atoms with Crippen LogP contribution in [-0.4, -0.2) is 15.0 Å². The molecule has 0 radical (unpaired) electrons. The Morgan fingerprint density at radius 3 is 2.94 bits per heavy atom. The van der Waals surface area contributed by atoms with E-state index >= 15 is 0 Å². The molecule has 2 heterocycles. The summed E-state index contributed by atoms with van der Waals surface area (Å²) in [4.78, 5) is 12.1. The van der Waals surface area contributed by atoms with Crippen molar-refractivity contribution in [2.45, 2.75) is 0 Å². The first-order valence-corrected chi connectivity index (χ1v) is 5.78. The van der Waals surface area contributed by atoms with Gasteiger partial charge in [-0.05, 0) is 17.5 Å². The van der Waals surface area contributed by atoms with E-state index in [-0.39, 0.29) is 0 Å². The Morgan fingerprint density at radius 1 is 1.11 bits per heavy atom. The molecule has 0 aliphatic rings. The van der Waals surface area contributed by atoms with Crippen molar-refractivity contribution >= 4 is 33.9 Å². The van der Waals surface area contributed by atoms with Gasteiger partial charge in [0, 0.05) is 29.5 Å². The lowest BCUT2D eigenvalue weighted by Crippen LogP contribution is -1.95. The molecule has 2 aromatic heterocycles. The molecule has 1 N–H and O–H groups in total. The van der Waals surface area contributed by atoms with Gasteiger partial charge in [-0.25, -0.2) is 9.97 Å². The third-order valence-corrected chi connectivity index (χ3v) is 2.79. The van der Waals surface area contributed by atoms with Gasteiger partial charge in [-0.15, -0.1) is 0 Å². The number of nitrogens with zero attached hydrogens (tertiary/aromatic N) is 3. The van der Waals surface area contributed by atoms with Crippen molar-refractivity contribution in [2.75, 3.05) is 5.32 Å². The van der Waals surface area contributed by atoms with Gasteiger partial charge in [0.15, 0.2) is 0 Å². The number of anilines is 2.